The van der Waals surface area contributed by atoms with Crippen molar-refractivity contribution in [3.8, 4) is 0 Å². The van der Waals surface area contributed by atoms with Gasteiger partial charge in [-0.15, -0.1) is 0 Å². The summed E-state index contributed by atoms with van der Waals surface area (Å²) in [5.41, 5.74) is 0.780. The third-order valence-corrected chi connectivity index (χ3v) is 5.65. The van der Waals surface area contributed by atoms with Gasteiger partial charge in [0.15, 0.2) is 0 Å². The van der Waals surface area contributed by atoms with Crippen LogP contribution in [0.25, 0.3) is 16.8 Å². The maximum Gasteiger partial charge on any atom is 0.217 e. The van der Waals surface area contributed by atoms with Crippen LogP contribution in [0.1, 0.15) is 5.56 Å². The molecule has 0 unspecified atom stereocenters. The van der Waals surface area contributed by atoms with Gasteiger partial charge in [-0.05, 0) is 34.5 Å². The molecule has 0 aliphatic heterocycles. The summed E-state index contributed by atoms with van der Waals surface area (Å²) in [6, 6.07) is 21.7. The topological polar surface area (TPSA) is 34.1 Å². The summed E-state index contributed by atoms with van der Waals surface area (Å²) in [6.45, 7) is 0. The highest BCUT2D eigenvalue weighted by Crippen LogP contribution is 2.27. The molecule has 2 nitrogen and oxygen atoms in total. The lowest BCUT2D eigenvalue weighted by molar-refractivity contribution is 0.604. The zero-order valence-electron chi connectivity index (χ0n) is 11.6. The lowest BCUT2D eigenvalue weighted by atomic mass is 10.1. The summed E-state index contributed by atoms with van der Waals surface area (Å²) in [6.07, 6.45) is 1.51. The van der Waals surface area contributed by atoms with Gasteiger partial charge in [-0.25, -0.2) is 8.42 Å². The number of rotatable bonds is 3. The summed E-state index contributed by atoms with van der Waals surface area (Å²) in [5, 5.41) is 2.00. The Bertz CT molecular complexity index is 940. The van der Waals surface area contributed by atoms with Crippen molar-refractivity contribution in [2.45, 2.75) is 4.90 Å². The molecule has 0 N–H and O–H groups in total. The molecule has 0 saturated carbocycles. The fourth-order valence-electron chi connectivity index (χ4n) is 2.29. The standard InChI is InChI=1S/C18H13ClO2S/c19-18(22(20,21)16-10-2-1-3-11-16)13-15-9-6-8-14-7-4-5-12-17(14)15/h1-13H/b18-13-. The van der Waals surface area contributed by atoms with Crippen LogP contribution >= 0.6 is 11.6 Å². The van der Waals surface area contributed by atoms with Gasteiger partial charge < -0.3 is 0 Å². The molecule has 0 radical (unpaired) electrons. The maximum atomic E-state index is 12.5. The molecule has 3 aromatic rings. The second-order valence-electron chi connectivity index (χ2n) is 4.83. The lowest BCUT2D eigenvalue weighted by Gasteiger charge is -2.05. The van der Waals surface area contributed by atoms with Crippen LogP contribution in [0.5, 0.6) is 0 Å². The first kappa shape index (κ1) is 14.8. The molecule has 0 fully saturated rings. The monoisotopic (exact) mass is 328 g/mol. The van der Waals surface area contributed by atoms with Crippen molar-refractivity contribution in [1.29, 1.82) is 0 Å². The number of hydrogen-bond acceptors (Lipinski definition) is 2. The Balaban J connectivity index is 2.11. The first-order valence-electron chi connectivity index (χ1n) is 6.74. The molecule has 0 heterocycles. The molecule has 0 bridgehead atoms. The predicted molar refractivity (Wildman–Crippen MR) is 91.4 cm³/mol. The van der Waals surface area contributed by atoms with E-state index in [4.69, 9.17) is 11.6 Å². The Labute approximate surface area is 134 Å². The normalized spacial score (nSPS) is 12.5. The van der Waals surface area contributed by atoms with Gasteiger partial charge in [-0.3, -0.25) is 0 Å². The summed E-state index contributed by atoms with van der Waals surface area (Å²) in [4.78, 5) is 0.191. The SMILES string of the molecule is O=S(=O)(/C(Cl)=C\c1cccc2ccccc12)c1ccccc1. The van der Waals surface area contributed by atoms with Gasteiger partial charge in [-0.2, -0.15) is 0 Å². The molecular weight excluding hydrogens is 316 g/mol. The molecule has 110 valence electrons. The smallest absolute Gasteiger partial charge is 0.217 e. The van der Waals surface area contributed by atoms with Crippen LogP contribution in [0.4, 0.5) is 0 Å². The van der Waals surface area contributed by atoms with Crippen LogP contribution in [-0.2, 0) is 9.84 Å². The van der Waals surface area contributed by atoms with Gasteiger partial charge in [0.1, 0.15) is 4.36 Å². The van der Waals surface area contributed by atoms with Gasteiger partial charge in [0, 0.05) is 0 Å². The molecular formula is C18H13ClO2S. The van der Waals surface area contributed by atoms with Crippen molar-refractivity contribution >= 4 is 38.3 Å². The van der Waals surface area contributed by atoms with Crippen LogP contribution < -0.4 is 0 Å². The number of halogens is 1. The van der Waals surface area contributed by atoms with Gasteiger partial charge >= 0.3 is 0 Å². The Kier molecular flexibility index (Phi) is 4.01. The van der Waals surface area contributed by atoms with Crippen LogP contribution in [0.15, 0.2) is 82.1 Å². The van der Waals surface area contributed by atoms with Crippen molar-refractivity contribution < 1.29 is 8.42 Å². The number of fused-ring (bicyclic) bond motifs is 1. The first-order chi connectivity index (χ1) is 10.6. The third-order valence-electron chi connectivity index (χ3n) is 3.40. The van der Waals surface area contributed by atoms with E-state index >= 15 is 0 Å². The fraction of sp³-hybridized carbons (Fsp3) is 0. The Morgan fingerprint density at radius 1 is 0.818 bits per heavy atom. The van der Waals surface area contributed by atoms with E-state index in [2.05, 4.69) is 0 Å². The van der Waals surface area contributed by atoms with Gasteiger partial charge in [0.25, 0.3) is 0 Å². The van der Waals surface area contributed by atoms with Crippen LogP contribution in [-0.4, -0.2) is 8.42 Å². The highest BCUT2D eigenvalue weighted by molar-refractivity contribution is 7.97. The minimum absolute atomic E-state index is 0.185. The van der Waals surface area contributed by atoms with E-state index < -0.39 is 9.84 Å². The summed E-state index contributed by atoms with van der Waals surface area (Å²) < 4.78 is 24.8. The van der Waals surface area contributed by atoms with E-state index in [9.17, 15) is 8.42 Å². The minimum Gasteiger partial charge on any atom is -0.218 e. The highest BCUT2D eigenvalue weighted by atomic mass is 35.5. The minimum atomic E-state index is -3.68. The molecule has 22 heavy (non-hydrogen) atoms. The van der Waals surface area contributed by atoms with Gasteiger partial charge in [-0.1, -0.05) is 72.3 Å². The van der Waals surface area contributed by atoms with Gasteiger partial charge in [0.2, 0.25) is 9.84 Å². The van der Waals surface area contributed by atoms with Crippen molar-refractivity contribution in [3.63, 3.8) is 0 Å². The van der Waals surface area contributed by atoms with Crippen molar-refractivity contribution in [2.75, 3.05) is 0 Å². The Morgan fingerprint density at radius 3 is 2.23 bits per heavy atom. The second kappa shape index (κ2) is 5.95. The first-order valence-corrected chi connectivity index (χ1v) is 8.60. The zero-order chi connectivity index (χ0) is 15.6. The van der Waals surface area contributed by atoms with E-state index in [1.807, 2.05) is 42.5 Å². The average Bonchev–Trinajstić information content (AvgIpc) is 2.56. The molecule has 0 aliphatic rings. The van der Waals surface area contributed by atoms with Crippen LogP contribution in [0.3, 0.4) is 0 Å². The molecule has 4 heteroatoms. The summed E-state index contributed by atoms with van der Waals surface area (Å²) in [5.74, 6) is 0. The van der Waals surface area contributed by atoms with E-state index in [1.54, 1.807) is 18.2 Å². The summed E-state index contributed by atoms with van der Waals surface area (Å²) >= 11 is 6.12. The van der Waals surface area contributed by atoms with Crippen molar-refractivity contribution in [3.05, 3.63) is 82.7 Å². The molecule has 3 aromatic carbocycles. The summed E-state index contributed by atoms with van der Waals surface area (Å²) in [7, 11) is -3.68. The lowest BCUT2D eigenvalue weighted by Crippen LogP contribution is -2.00. The molecule has 0 spiro atoms. The highest BCUT2D eigenvalue weighted by Gasteiger charge is 2.18. The Morgan fingerprint density at radius 2 is 1.45 bits per heavy atom. The third kappa shape index (κ3) is 2.78. The van der Waals surface area contributed by atoms with Crippen molar-refractivity contribution in [2.24, 2.45) is 0 Å². The largest absolute Gasteiger partial charge is 0.218 e. The van der Waals surface area contributed by atoms with E-state index in [0.29, 0.717) is 0 Å². The molecule has 0 amide bonds. The molecule has 0 aromatic heterocycles. The van der Waals surface area contributed by atoms with E-state index in [1.165, 1.54) is 18.2 Å². The fourth-order valence-corrected chi connectivity index (χ4v) is 3.70. The number of sulfone groups is 1. The van der Waals surface area contributed by atoms with Crippen LogP contribution in [0, 0.1) is 0 Å². The molecule has 0 atom stereocenters. The van der Waals surface area contributed by atoms with Crippen LogP contribution in [0.2, 0.25) is 0 Å². The molecule has 0 aliphatic carbocycles. The average molecular weight is 329 g/mol. The molecule has 3 rings (SSSR count). The number of hydrogen-bond donors (Lipinski definition) is 0. The maximum absolute atomic E-state index is 12.5. The van der Waals surface area contributed by atoms with Gasteiger partial charge in [0.05, 0.1) is 4.90 Å². The quantitative estimate of drug-likeness (QED) is 0.688. The molecule has 0 saturated heterocycles. The van der Waals surface area contributed by atoms with E-state index in [-0.39, 0.29) is 9.26 Å². The second-order valence-corrected chi connectivity index (χ2v) is 7.38. The van der Waals surface area contributed by atoms with E-state index in [0.717, 1.165) is 16.3 Å². The predicted octanol–water partition coefficient (Wildman–Crippen LogP) is 4.85. The Hall–Kier alpha value is -2.10. The number of benzene rings is 3. The zero-order valence-corrected chi connectivity index (χ0v) is 13.2. The van der Waals surface area contributed by atoms with Crippen molar-refractivity contribution in [1.82, 2.24) is 0 Å².